The molecule has 0 spiro atoms. The SMILES string of the molecule is CCC1(c2nc(-c3cscc3C)no2)CCNC1. The summed E-state index contributed by atoms with van der Waals surface area (Å²) in [6.45, 7) is 6.23. The van der Waals surface area contributed by atoms with Gasteiger partial charge < -0.3 is 9.84 Å². The minimum Gasteiger partial charge on any atom is -0.338 e. The van der Waals surface area contributed by atoms with Crippen LogP contribution >= 0.6 is 11.3 Å². The topological polar surface area (TPSA) is 51.0 Å². The summed E-state index contributed by atoms with van der Waals surface area (Å²) in [5, 5.41) is 11.7. The van der Waals surface area contributed by atoms with Crippen molar-refractivity contribution in [2.75, 3.05) is 13.1 Å². The number of hydrogen-bond donors (Lipinski definition) is 1. The molecule has 2 aromatic heterocycles. The van der Waals surface area contributed by atoms with Crippen LogP contribution < -0.4 is 5.32 Å². The zero-order valence-electron chi connectivity index (χ0n) is 10.7. The van der Waals surface area contributed by atoms with E-state index in [1.165, 1.54) is 5.56 Å². The highest BCUT2D eigenvalue weighted by Crippen LogP contribution is 2.34. The van der Waals surface area contributed by atoms with Crippen molar-refractivity contribution in [3.8, 4) is 11.4 Å². The van der Waals surface area contributed by atoms with Gasteiger partial charge in [-0.25, -0.2) is 0 Å². The zero-order chi connectivity index (χ0) is 12.6. The maximum atomic E-state index is 5.53. The van der Waals surface area contributed by atoms with Crippen molar-refractivity contribution in [3.63, 3.8) is 0 Å². The molecule has 2 aromatic rings. The molecule has 0 saturated carbocycles. The van der Waals surface area contributed by atoms with E-state index < -0.39 is 0 Å². The summed E-state index contributed by atoms with van der Waals surface area (Å²) in [5.41, 5.74) is 2.34. The van der Waals surface area contributed by atoms with Crippen molar-refractivity contribution in [2.24, 2.45) is 0 Å². The second-order valence-corrected chi connectivity index (χ2v) is 5.70. The largest absolute Gasteiger partial charge is 0.338 e. The summed E-state index contributed by atoms with van der Waals surface area (Å²) < 4.78 is 5.53. The van der Waals surface area contributed by atoms with Gasteiger partial charge in [0.2, 0.25) is 11.7 Å². The fourth-order valence-corrected chi connectivity index (χ4v) is 3.34. The normalized spacial score (nSPS) is 23.7. The number of hydrogen-bond acceptors (Lipinski definition) is 5. The highest BCUT2D eigenvalue weighted by molar-refractivity contribution is 7.08. The number of thiophene rings is 1. The van der Waals surface area contributed by atoms with Crippen LogP contribution in [0.1, 0.15) is 31.2 Å². The third kappa shape index (κ3) is 1.78. The quantitative estimate of drug-likeness (QED) is 0.925. The Hall–Kier alpha value is -1.20. The first kappa shape index (κ1) is 11.9. The highest BCUT2D eigenvalue weighted by Gasteiger charge is 2.39. The number of aromatic nitrogens is 2. The summed E-state index contributed by atoms with van der Waals surface area (Å²) in [6, 6.07) is 0. The zero-order valence-corrected chi connectivity index (χ0v) is 11.5. The molecule has 1 aliphatic heterocycles. The molecule has 0 amide bonds. The van der Waals surface area contributed by atoms with Crippen LogP contribution in [0.3, 0.4) is 0 Å². The van der Waals surface area contributed by atoms with Gasteiger partial charge in [-0.3, -0.25) is 0 Å². The van der Waals surface area contributed by atoms with Crippen LogP contribution in [0.2, 0.25) is 0 Å². The van der Waals surface area contributed by atoms with Crippen LogP contribution in [0.25, 0.3) is 11.4 Å². The molecule has 1 atom stereocenters. The van der Waals surface area contributed by atoms with E-state index in [1.807, 2.05) is 0 Å². The molecule has 1 aliphatic rings. The Labute approximate surface area is 110 Å². The summed E-state index contributed by atoms with van der Waals surface area (Å²) in [7, 11) is 0. The third-order valence-corrected chi connectivity index (χ3v) is 4.76. The van der Waals surface area contributed by atoms with Gasteiger partial charge in [-0.05, 0) is 37.3 Å². The van der Waals surface area contributed by atoms with Gasteiger partial charge in [-0.1, -0.05) is 12.1 Å². The van der Waals surface area contributed by atoms with Crippen LogP contribution in [-0.4, -0.2) is 23.2 Å². The second kappa shape index (κ2) is 4.48. The lowest BCUT2D eigenvalue weighted by Crippen LogP contribution is -2.28. The van der Waals surface area contributed by atoms with E-state index in [0.717, 1.165) is 43.2 Å². The Balaban J connectivity index is 1.96. The Bertz CT molecular complexity index is 540. The van der Waals surface area contributed by atoms with Gasteiger partial charge in [0.25, 0.3) is 0 Å². The van der Waals surface area contributed by atoms with E-state index >= 15 is 0 Å². The molecule has 1 fully saturated rings. The fraction of sp³-hybridized carbons (Fsp3) is 0.538. The minimum absolute atomic E-state index is 0.0369. The van der Waals surface area contributed by atoms with Gasteiger partial charge in [0.05, 0.1) is 5.41 Å². The van der Waals surface area contributed by atoms with Crippen LogP contribution in [0.15, 0.2) is 15.3 Å². The average molecular weight is 263 g/mol. The Morgan fingerprint density at radius 1 is 1.50 bits per heavy atom. The van der Waals surface area contributed by atoms with E-state index in [1.54, 1.807) is 11.3 Å². The van der Waals surface area contributed by atoms with Crippen molar-refractivity contribution < 1.29 is 4.52 Å². The smallest absolute Gasteiger partial charge is 0.234 e. The van der Waals surface area contributed by atoms with Crippen molar-refractivity contribution >= 4 is 11.3 Å². The predicted molar refractivity (Wildman–Crippen MR) is 71.8 cm³/mol. The van der Waals surface area contributed by atoms with E-state index in [4.69, 9.17) is 4.52 Å². The lowest BCUT2D eigenvalue weighted by atomic mass is 9.84. The molecule has 18 heavy (non-hydrogen) atoms. The van der Waals surface area contributed by atoms with Crippen molar-refractivity contribution in [2.45, 2.75) is 32.1 Å². The van der Waals surface area contributed by atoms with Gasteiger partial charge in [0.15, 0.2) is 0 Å². The Morgan fingerprint density at radius 2 is 2.39 bits per heavy atom. The average Bonchev–Trinajstić information content (AvgIpc) is 3.08. The molecule has 4 nitrogen and oxygen atoms in total. The maximum absolute atomic E-state index is 5.53. The fourth-order valence-electron chi connectivity index (χ4n) is 2.52. The van der Waals surface area contributed by atoms with E-state index in [0.29, 0.717) is 0 Å². The molecule has 1 N–H and O–H groups in total. The summed E-state index contributed by atoms with van der Waals surface area (Å²) in [6.07, 6.45) is 2.11. The van der Waals surface area contributed by atoms with Crippen LogP contribution in [0, 0.1) is 6.92 Å². The predicted octanol–water partition coefficient (Wildman–Crippen LogP) is 2.75. The lowest BCUT2D eigenvalue weighted by molar-refractivity contribution is 0.285. The second-order valence-electron chi connectivity index (χ2n) is 4.95. The molecular weight excluding hydrogens is 246 g/mol. The molecule has 3 heterocycles. The van der Waals surface area contributed by atoms with Gasteiger partial charge in [-0.15, -0.1) is 0 Å². The Morgan fingerprint density at radius 3 is 3.00 bits per heavy atom. The first-order valence-corrected chi connectivity index (χ1v) is 7.27. The van der Waals surface area contributed by atoms with Crippen LogP contribution in [-0.2, 0) is 5.41 Å². The molecule has 5 heteroatoms. The van der Waals surface area contributed by atoms with Gasteiger partial charge in [-0.2, -0.15) is 16.3 Å². The number of nitrogens with zero attached hydrogens (tertiary/aromatic N) is 2. The van der Waals surface area contributed by atoms with Gasteiger partial charge in [0, 0.05) is 17.5 Å². The lowest BCUT2D eigenvalue weighted by Gasteiger charge is -2.20. The number of nitrogens with one attached hydrogen (secondary N) is 1. The van der Waals surface area contributed by atoms with E-state index in [2.05, 4.69) is 40.1 Å². The highest BCUT2D eigenvalue weighted by atomic mass is 32.1. The molecule has 0 aromatic carbocycles. The van der Waals surface area contributed by atoms with Crippen molar-refractivity contribution in [1.82, 2.24) is 15.5 Å². The first-order valence-electron chi connectivity index (χ1n) is 6.33. The van der Waals surface area contributed by atoms with E-state index in [-0.39, 0.29) is 5.41 Å². The molecule has 1 unspecified atom stereocenters. The first-order chi connectivity index (χ1) is 8.75. The molecule has 0 aliphatic carbocycles. The van der Waals surface area contributed by atoms with E-state index in [9.17, 15) is 0 Å². The molecule has 3 rings (SSSR count). The summed E-state index contributed by atoms with van der Waals surface area (Å²) in [5.74, 6) is 1.51. The monoisotopic (exact) mass is 263 g/mol. The summed E-state index contributed by atoms with van der Waals surface area (Å²) >= 11 is 1.67. The molecule has 96 valence electrons. The van der Waals surface area contributed by atoms with Crippen LogP contribution in [0.4, 0.5) is 0 Å². The summed E-state index contributed by atoms with van der Waals surface area (Å²) in [4.78, 5) is 4.63. The van der Waals surface area contributed by atoms with Crippen LogP contribution in [0.5, 0.6) is 0 Å². The minimum atomic E-state index is 0.0369. The van der Waals surface area contributed by atoms with Gasteiger partial charge in [0.1, 0.15) is 0 Å². The third-order valence-electron chi connectivity index (χ3n) is 3.90. The molecule has 0 bridgehead atoms. The Kier molecular flexibility index (Phi) is 2.95. The van der Waals surface area contributed by atoms with Crippen molar-refractivity contribution in [3.05, 3.63) is 22.2 Å². The van der Waals surface area contributed by atoms with Gasteiger partial charge >= 0.3 is 0 Å². The number of rotatable bonds is 3. The molecule has 0 radical (unpaired) electrons. The molecular formula is C13H17N3OS. The standard InChI is InChI=1S/C13H17N3OS/c1-3-13(4-5-14-8-13)12-15-11(16-17-12)10-7-18-6-9(10)2/h6-7,14H,3-5,8H2,1-2H3. The van der Waals surface area contributed by atoms with Crippen molar-refractivity contribution in [1.29, 1.82) is 0 Å². The number of aryl methyl sites for hydroxylation is 1. The molecule has 1 saturated heterocycles. The maximum Gasteiger partial charge on any atom is 0.234 e.